The van der Waals surface area contributed by atoms with Crippen molar-refractivity contribution in [2.45, 2.75) is 6.61 Å². The van der Waals surface area contributed by atoms with Crippen LogP contribution in [0.3, 0.4) is 0 Å². The highest BCUT2D eigenvalue weighted by Crippen LogP contribution is 2.32. The Morgan fingerprint density at radius 3 is 2.59 bits per heavy atom. The Morgan fingerprint density at radius 1 is 1.16 bits per heavy atom. The lowest BCUT2D eigenvalue weighted by Gasteiger charge is -2.11. The van der Waals surface area contributed by atoms with Crippen molar-refractivity contribution in [2.24, 2.45) is 11.5 Å². The summed E-state index contributed by atoms with van der Waals surface area (Å²) < 4.78 is 26.2. The number of benzene rings is 2. The van der Waals surface area contributed by atoms with Gasteiger partial charge in [0, 0.05) is 5.56 Å². The Hall–Kier alpha value is -4.67. The number of primary amides is 2. The second-order valence-electron chi connectivity index (χ2n) is 6.59. The highest BCUT2D eigenvalue weighted by Gasteiger charge is 2.16. The van der Waals surface area contributed by atoms with Gasteiger partial charge in [-0.15, -0.1) is 0 Å². The van der Waals surface area contributed by atoms with Crippen LogP contribution in [-0.4, -0.2) is 26.7 Å². The fourth-order valence-electron chi connectivity index (χ4n) is 3.02. The molecular formula is C21H17FN6O4. The standard InChI is InChI=1S/C21H17FN6O4/c22-13-3-6-17(32-11-18-25-7-8-31-18)15(9-13)12-1-4-14(5-2-12)28-10-16(26-21(24)30)19(27-28)20(23)29/h1-10H,11H2,(H2,23,29)(H3,24,26,30). The summed E-state index contributed by atoms with van der Waals surface area (Å²) in [6, 6.07) is 10.2. The Kier molecular flexibility index (Phi) is 5.53. The molecule has 32 heavy (non-hydrogen) atoms. The minimum atomic E-state index is -0.856. The highest BCUT2D eigenvalue weighted by molar-refractivity contribution is 6.00. The van der Waals surface area contributed by atoms with E-state index in [9.17, 15) is 14.0 Å². The normalized spacial score (nSPS) is 10.7. The monoisotopic (exact) mass is 436 g/mol. The number of nitrogens with one attached hydrogen (secondary N) is 1. The summed E-state index contributed by atoms with van der Waals surface area (Å²) in [4.78, 5) is 26.7. The third-order valence-electron chi connectivity index (χ3n) is 4.42. The summed E-state index contributed by atoms with van der Waals surface area (Å²) >= 11 is 0. The highest BCUT2D eigenvalue weighted by atomic mass is 19.1. The van der Waals surface area contributed by atoms with E-state index in [2.05, 4.69) is 15.4 Å². The lowest BCUT2D eigenvalue weighted by molar-refractivity contribution is 0.0996. The first kappa shape index (κ1) is 20.6. The number of nitrogens with zero attached hydrogens (tertiary/aromatic N) is 3. The molecule has 4 rings (SSSR count). The molecule has 0 aliphatic carbocycles. The van der Waals surface area contributed by atoms with Gasteiger partial charge in [0.15, 0.2) is 12.3 Å². The molecule has 4 aromatic rings. The number of rotatable bonds is 7. The lowest BCUT2D eigenvalue weighted by atomic mass is 10.0. The summed E-state index contributed by atoms with van der Waals surface area (Å²) in [6.45, 7) is 0.0859. The number of ether oxygens (including phenoxy) is 1. The molecule has 0 spiro atoms. The summed E-state index contributed by atoms with van der Waals surface area (Å²) in [5, 5.41) is 6.40. The number of carbonyl (C=O) groups is 2. The van der Waals surface area contributed by atoms with E-state index in [1.807, 2.05) is 0 Å². The third kappa shape index (κ3) is 4.41. The Morgan fingerprint density at radius 2 is 1.94 bits per heavy atom. The number of nitrogens with two attached hydrogens (primary N) is 2. The van der Waals surface area contributed by atoms with Gasteiger partial charge in [-0.25, -0.2) is 18.9 Å². The zero-order chi connectivity index (χ0) is 22.7. The van der Waals surface area contributed by atoms with Gasteiger partial charge in [-0.05, 0) is 35.9 Å². The first-order chi connectivity index (χ1) is 15.4. The molecule has 0 saturated heterocycles. The fraction of sp³-hybridized carbons (Fsp3) is 0.0476. The van der Waals surface area contributed by atoms with Crippen molar-refractivity contribution in [3.8, 4) is 22.6 Å². The van der Waals surface area contributed by atoms with Gasteiger partial charge in [-0.2, -0.15) is 5.10 Å². The average Bonchev–Trinajstić information content (AvgIpc) is 3.43. The van der Waals surface area contributed by atoms with Crippen LogP contribution in [0.4, 0.5) is 14.9 Å². The molecule has 2 heterocycles. The molecule has 0 fully saturated rings. The lowest BCUT2D eigenvalue weighted by Crippen LogP contribution is -2.22. The van der Waals surface area contributed by atoms with Gasteiger partial charge in [0.25, 0.3) is 5.91 Å². The second-order valence-corrected chi connectivity index (χ2v) is 6.59. The molecule has 11 heteroatoms. The van der Waals surface area contributed by atoms with Crippen molar-refractivity contribution in [1.29, 1.82) is 0 Å². The maximum Gasteiger partial charge on any atom is 0.316 e. The molecule has 0 bridgehead atoms. The fourth-order valence-corrected chi connectivity index (χ4v) is 3.02. The topological polar surface area (TPSA) is 151 Å². The number of halogens is 1. The Balaban J connectivity index is 1.62. The molecule has 10 nitrogen and oxygen atoms in total. The van der Waals surface area contributed by atoms with Gasteiger partial charge in [-0.1, -0.05) is 12.1 Å². The van der Waals surface area contributed by atoms with Crippen LogP contribution in [0.1, 0.15) is 16.4 Å². The summed E-state index contributed by atoms with van der Waals surface area (Å²) in [6.07, 6.45) is 4.35. The number of hydrogen-bond acceptors (Lipinski definition) is 6. The van der Waals surface area contributed by atoms with Crippen LogP contribution in [0.15, 0.2) is 65.5 Å². The van der Waals surface area contributed by atoms with Gasteiger partial charge in [-0.3, -0.25) is 4.79 Å². The number of urea groups is 1. The van der Waals surface area contributed by atoms with E-state index in [0.29, 0.717) is 28.5 Å². The number of oxazole rings is 1. The van der Waals surface area contributed by atoms with Gasteiger partial charge in [0.2, 0.25) is 5.89 Å². The number of anilines is 1. The minimum Gasteiger partial charge on any atom is -0.483 e. The molecule has 0 atom stereocenters. The summed E-state index contributed by atoms with van der Waals surface area (Å²) in [5.41, 5.74) is 12.1. The SMILES string of the molecule is NC(=O)Nc1cn(-c2ccc(-c3cc(F)ccc3OCc3ncco3)cc2)nc1C(N)=O. The molecule has 5 N–H and O–H groups in total. The summed E-state index contributed by atoms with van der Waals surface area (Å²) in [5.74, 6) is -0.412. The number of carbonyl (C=O) groups excluding carboxylic acids is 2. The maximum atomic E-state index is 13.9. The van der Waals surface area contributed by atoms with E-state index in [4.69, 9.17) is 20.6 Å². The van der Waals surface area contributed by atoms with Crippen LogP contribution >= 0.6 is 0 Å². The Labute approximate surface area is 180 Å². The zero-order valence-corrected chi connectivity index (χ0v) is 16.5. The second kappa shape index (κ2) is 8.60. The van der Waals surface area contributed by atoms with Gasteiger partial charge in [0.05, 0.1) is 23.8 Å². The van der Waals surface area contributed by atoms with E-state index in [-0.39, 0.29) is 18.0 Å². The maximum absolute atomic E-state index is 13.9. The van der Waals surface area contributed by atoms with Crippen molar-refractivity contribution in [1.82, 2.24) is 14.8 Å². The first-order valence-electron chi connectivity index (χ1n) is 9.28. The van der Waals surface area contributed by atoms with Crippen LogP contribution < -0.4 is 21.5 Å². The predicted octanol–water partition coefficient (Wildman–Crippen LogP) is 2.83. The molecule has 0 aliphatic heterocycles. The van der Waals surface area contributed by atoms with E-state index < -0.39 is 17.8 Å². The van der Waals surface area contributed by atoms with Crippen LogP contribution in [0.2, 0.25) is 0 Å². The first-order valence-corrected chi connectivity index (χ1v) is 9.28. The van der Waals surface area contributed by atoms with Crippen molar-refractivity contribution in [3.63, 3.8) is 0 Å². The van der Waals surface area contributed by atoms with E-state index in [1.165, 1.54) is 41.5 Å². The van der Waals surface area contributed by atoms with Crippen molar-refractivity contribution in [3.05, 3.63) is 78.5 Å². The van der Waals surface area contributed by atoms with E-state index in [1.54, 1.807) is 24.3 Å². The van der Waals surface area contributed by atoms with Crippen molar-refractivity contribution in [2.75, 3.05) is 5.32 Å². The number of hydrogen-bond donors (Lipinski definition) is 3. The van der Waals surface area contributed by atoms with E-state index in [0.717, 1.165) is 0 Å². The largest absolute Gasteiger partial charge is 0.483 e. The van der Waals surface area contributed by atoms with Crippen molar-refractivity contribution < 1.29 is 23.1 Å². The predicted molar refractivity (Wildman–Crippen MR) is 112 cm³/mol. The van der Waals surface area contributed by atoms with E-state index >= 15 is 0 Å². The molecule has 2 aromatic heterocycles. The van der Waals surface area contributed by atoms with Crippen molar-refractivity contribution >= 4 is 17.6 Å². The van der Waals surface area contributed by atoms with Crippen LogP contribution in [0, 0.1) is 5.82 Å². The minimum absolute atomic E-state index is 0.0847. The number of amides is 3. The molecule has 3 amide bonds. The summed E-state index contributed by atoms with van der Waals surface area (Å²) in [7, 11) is 0. The van der Waals surface area contributed by atoms with Gasteiger partial charge >= 0.3 is 6.03 Å². The molecule has 0 radical (unpaired) electrons. The van der Waals surface area contributed by atoms with Crippen LogP contribution in [0.5, 0.6) is 5.75 Å². The smallest absolute Gasteiger partial charge is 0.316 e. The van der Waals surface area contributed by atoms with Crippen LogP contribution in [-0.2, 0) is 6.61 Å². The Bertz CT molecular complexity index is 1270. The average molecular weight is 436 g/mol. The van der Waals surface area contributed by atoms with Gasteiger partial charge < -0.3 is 25.9 Å². The van der Waals surface area contributed by atoms with Crippen LogP contribution in [0.25, 0.3) is 16.8 Å². The van der Waals surface area contributed by atoms with Gasteiger partial charge in [0.1, 0.15) is 17.8 Å². The molecular weight excluding hydrogens is 419 g/mol. The quantitative estimate of drug-likeness (QED) is 0.405. The molecule has 0 saturated carbocycles. The molecule has 162 valence electrons. The molecule has 2 aromatic carbocycles. The molecule has 0 aliphatic rings. The number of aromatic nitrogens is 3. The third-order valence-corrected chi connectivity index (χ3v) is 4.42. The zero-order valence-electron chi connectivity index (χ0n) is 16.5. The molecule has 0 unspecified atom stereocenters.